The predicted molar refractivity (Wildman–Crippen MR) is 160 cm³/mol. The zero-order chi connectivity index (χ0) is 28.3. The van der Waals surface area contributed by atoms with Gasteiger partial charge in [0.1, 0.15) is 6.04 Å². The number of likely N-dealkylation sites (tertiary alicyclic amines) is 2. The van der Waals surface area contributed by atoms with Crippen LogP contribution in [0.15, 0.2) is 54.6 Å². The Hall–Kier alpha value is -2.70. The van der Waals surface area contributed by atoms with Gasteiger partial charge >= 0.3 is 11.9 Å². The first-order chi connectivity index (χ1) is 19.4. The van der Waals surface area contributed by atoms with E-state index in [0.29, 0.717) is 17.4 Å². The van der Waals surface area contributed by atoms with Crippen LogP contribution < -0.4 is 0 Å². The number of aromatic carboxylic acids is 1. The first kappa shape index (κ1) is 30.3. The van der Waals surface area contributed by atoms with Crippen molar-refractivity contribution in [1.29, 1.82) is 0 Å². The van der Waals surface area contributed by atoms with E-state index in [0.717, 1.165) is 44.7 Å². The van der Waals surface area contributed by atoms with Gasteiger partial charge in [0.2, 0.25) is 0 Å². The molecular formula is C34H48N2O4. The molecule has 2 atom stereocenters. The normalized spacial score (nSPS) is 21.9. The minimum atomic E-state index is -0.849. The van der Waals surface area contributed by atoms with Gasteiger partial charge in [0, 0.05) is 6.54 Å². The molecule has 0 radical (unpaired) electrons. The predicted octanol–water partition coefficient (Wildman–Crippen LogP) is 6.56. The molecule has 2 aromatic rings. The van der Waals surface area contributed by atoms with E-state index in [-0.39, 0.29) is 6.04 Å². The monoisotopic (exact) mass is 548 g/mol. The van der Waals surface area contributed by atoms with Crippen LogP contribution in [-0.2, 0) is 11.2 Å². The van der Waals surface area contributed by atoms with E-state index >= 15 is 0 Å². The fraction of sp³-hybridized carbons (Fsp3) is 0.588. The third-order valence-corrected chi connectivity index (χ3v) is 9.35. The first-order valence-electron chi connectivity index (χ1n) is 15.4. The average Bonchev–Trinajstić information content (AvgIpc) is 3.45. The van der Waals surface area contributed by atoms with Crippen LogP contribution in [0.1, 0.15) is 91.6 Å². The van der Waals surface area contributed by atoms with E-state index in [4.69, 9.17) is 5.11 Å². The van der Waals surface area contributed by atoms with Crippen LogP contribution in [0.5, 0.6) is 0 Å². The van der Waals surface area contributed by atoms with Crippen LogP contribution >= 0.6 is 0 Å². The molecule has 2 aromatic carbocycles. The lowest BCUT2D eigenvalue weighted by atomic mass is 9.83. The van der Waals surface area contributed by atoms with Crippen LogP contribution in [0.25, 0.3) is 0 Å². The molecule has 1 unspecified atom stereocenters. The quantitative estimate of drug-likeness (QED) is 0.369. The van der Waals surface area contributed by atoms with Gasteiger partial charge in [-0.25, -0.2) is 4.79 Å². The van der Waals surface area contributed by atoms with E-state index < -0.39 is 11.9 Å². The van der Waals surface area contributed by atoms with Crippen molar-refractivity contribution in [2.45, 2.75) is 82.6 Å². The molecule has 3 fully saturated rings. The number of carbonyl (C=O) groups is 2. The highest BCUT2D eigenvalue weighted by Crippen LogP contribution is 2.34. The van der Waals surface area contributed by atoms with E-state index in [2.05, 4.69) is 41.1 Å². The molecule has 5 rings (SSSR count). The van der Waals surface area contributed by atoms with Gasteiger partial charge in [0.05, 0.1) is 5.56 Å². The second kappa shape index (κ2) is 15.3. The fourth-order valence-corrected chi connectivity index (χ4v) is 6.90. The van der Waals surface area contributed by atoms with Crippen LogP contribution in [0.3, 0.4) is 0 Å². The Balaban J connectivity index is 0.000000186. The average molecular weight is 549 g/mol. The molecule has 1 aliphatic carbocycles. The van der Waals surface area contributed by atoms with Crippen molar-refractivity contribution in [3.63, 3.8) is 0 Å². The number of aryl methyl sites for hydroxylation is 1. The number of piperidine rings is 1. The molecule has 2 aliphatic heterocycles. The largest absolute Gasteiger partial charge is 0.480 e. The number of aliphatic carboxylic acids is 1. The molecule has 0 amide bonds. The van der Waals surface area contributed by atoms with Crippen molar-refractivity contribution in [2.75, 3.05) is 33.2 Å². The maximum absolute atomic E-state index is 11.8. The molecule has 3 aliphatic rings. The summed E-state index contributed by atoms with van der Waals surface area (Å²) in [5.74, 6) is 0.269. The van der Waals surface area contributed by atoms with Gasteiger partial charge < -0.3 is 15.1 Å². The molecule has 40 heavy (non-hydrogen) atoms. The minimum absolute atomic E-state index is 0.265. The van der Waals surface area contributed by atoms with Gasteiger partial charge in [-0.15, -0.1) is 0 Å². The van der Waals surface area contributed by atoms with Crippen LogP contribution in [0.4, 0.5) is 0 Å². The molecule has 218 valence electrons. The third-order valence-electron chi connectivity index (χ3n) is 9.35. The Morgan fingerprint density at radius 3 is 2.15 bits per heavy atom. The molecule has 2 heterocycles. The number of carboxylic acid groups (broad SMARTS) is 2. The Kier molecular flexibility index (Phi) is 11.6. The molecule has 0 aromatic heterocycles. The molecule has 0 bridgehead atoms. The standard InChI is InChI=1S/C18H25NO2.C16H23NO2/c20-18(21)17(15-9-5-2-6-10-15)19-12-11-16(13-19)14-7-3-1-4-8-14;1-17-11-9-14(10-12-17)4-2-3-13-5-7-15(8-6-13)16(18)19/h1,3-4,7-8,15-17H,2,5-6,9-13H2,(H,20,21);5-8,14H,2-4,9-12H2,1H3,(H,18,19)/t16-,17?;/m1./s1. The van der Waals surface area contributed by atoms with Crippen molar-refractivity contribution in [3.05, 3.63) is 71.3 Å². The van der Waals surface area contributed by atoms with Crippen LogP contribution in [0.2, 0.25) is 0 Å². The molecule has 2 saturated heterocycles. The zero-order valence-electron chi connectivity index (χ0n) is 24.2. The maximum atomic E-state index is 11.8. The summed E-state index contributed by atoms with van der Waals surface area (Å²) in [6.45, 7) is 4.29. The van der Waals surface area contributed by atoms with Gasteiger partial charge in [0.15, 0.2) is 0 Å². The van der Waals surface area contributed by atoms with Crippen molar-refractivity contribution in [1.82, 2.24) is 9.80 Å². The highest BCUT2D eigenvalue weighted by molar-refractivity contribution is 5.87. The Labute approximate surface area is 240 Å². The van der Waals surface area contributed by atoms with E-state index in [9.17, 15) is 14.7 Å². The Bertz CT molecular complexity index is 1040. The summed E-state index contributed by atoms with van der Waals surface area (Å²) in [4.78, 5) is 27.2. The highest BCUT2D eigenvalue weighted by atomic mass is 16.4. The molecule has 2 N–H and O–H groups in total. The second-order valence-corrected chi connectivity index (χ2v) is 12.2. The first-order valence-corrected chi connectivity index (χ1v) is 15.4. The Morgan fingerprint density at radius 2 is 1.52 bits per heavy atom. The number of carboxylic acids is 2. The van der Waals surface area contributed by atoms with Gasteiger partial charge in [0.25, 0.3) is 0 Å². The highest BCUT2D eigenvalue weighted by Gasteiger charge is 2.38. The summed E-state index contributed by atoms with van der Waals surface area (Å²) in [6, 6.07) is 17.6. The fourth-order valence-electron chi connectivity index (χ4n) is 6.90. The number of rotatable bonds is 9. The van der Waals surface area contributed by atoms with Gasteiger partial charge in [-0.3, -0.25) is 9.69 Å². The molecule has 1 saturated carbocycles. The van der Waals surface area contributed by atoms with Crippen molar-refractivity contribution in [2.24, 2.45) is 11.8 Å². The number of benzene rings is 2. The summed E-state index contributed by atoms with van der Waals surface area (Å²) >= 11 is 0. The topological polar surface area (TPSA) is 81.1 Å². The van der Waals surface area contributed by atoms with Gasteiger partial charge in [-0.2, -0.15) is 0 Å². The molecule has 6 heteroatoms. The van der Waals surface area contributed by atoms with Gasteiger partial charge in [-0.05, 0) is 113 Å². The summed E-state index contributed by atoms with van der Waals surface area (Å²) in [7, 11) is 2.19. The summed E-state index contributed by atoms with van der Waals surface area (Å²) in [5, 5.41) is 18.5. The SMILES string of the molecule is CN1CCC(CCCc2ccc(C(=O)O)cc2)CC1.O=C(O)C(C1CCCCC1)N1CC[C@@H](c2ccccc2)C1. The lowest BCUT2D eigenvalue weighted by Gasteiger charge is -2.33. The molecule has 0 spiro atoms. The Morgan fingerprint density at radius 1 is 0.850 bits per heavy atom. The van der Waals surface area contributed by atoms with Crippen molar-refractivity contribution >= 4 is 11.9 Å². The third kappa shape index (κ3) is 8.90. The second-order valence-electron chi connectivity index (χ2n) is 12.2. The molecular weight excluding hydrogens is 500 g/mol. The lowest BCUT2D eigenvalue weighted by Crippen LogP contribution is -2.45. The lowest BCUT2D eigenvalue weighted by molar-refractivity contribution is -0.145. The van der Waals surface area contributed by atoms with E-state index in [1.807, 2.05) is 18.2 Å². The number of nitrogens with zero attached hydrogens (tertiary/aromatic N) is 2. The van der Waals surface area contributed by atoms with Crippen LogP contribution in [0, 0.1) is 11.8 Å². The van der Waals surface area contributed by atoms with E-state index in [1.54, 1.807) is 12.1 Å². The summed E-state index contributed by atoms with van der Waals surface area (Å²) in [6.07, 6.45) is 13.2. The number of hydrogen-bond acceptors (Lipinski definition) is 4. The number of hydrogen-bond donors (Lipinski definition) is 2. The van der Waals surface area contributed by atoms with Gasteiger partial charge in [-0.1, -0.05) is 68.1 Å². The van der Waals surface area contributed by atoms with Crippen molar-refractivity contribution in [3.8, 4) is 0 Å². The summed E-state index contributed by atoms with van der Waals surface area (Å²) < 4.78 is 0. The smallest absolute Gasteiger partial charge is 0.335 e. The van der Waals surface area contributed by atoms with Crippen LogP contribution in [-0.4, -0.2) is 71.2 Å². The minimum Gasteiger partial charge on any atom is -0.480 e. The molecule has 6 nitrogen and oxygen atoms in total. The van der Waals surface area contributed by atoms with E-state index in [1.165, 1.54) is 69.2 Å². The zero-order valence-corrected chi connectivity index (χ0v) is 24.2. The summed E-state index contributed by atoms with van der Waals surface area (Å²) in [5.41, 5.74) is 2.98. The van der Waals surface area contributed by atoms with Crippen molar-refractivity contribution < 1.29 is 19.8 Å². The maximum Gasteiger partial charge on any atom is 0.335 e.